The number of unbranched alkanes of at least 4 members (excludes halogenated alkanes) is 7. The summed E-state index contributed by atoms with van der Waals surface area (Å²) in [6.07, 6.45) is 12.0. The standard InChI is InChI=1S/C36H47O3P/c1-29-33(36(38)35(39-2)28-34(29)37)26-18-7-5-3-4-6-8-19-27-40(30-20-12-9-13-21-30,31-22-14-10-15-23-31)32-24-16-11-17-25-32/h9-17,20-25,28,34,36-38,40H,3-8,18-19,26-27H2,1-2H3. The van der Waals surface area contributed by atoms with Gasteiger partial charge in [-0.25, -0.2) is 0 Å². The number of methoxy groups -OCH3 is 1. The fraction of sp³-hybridized carbons (Fsp3) is 0.389. The Labute approximate surface area is 242 Å². The quantitative estimate of drug-likeness (QED) is 0.122. The molecular weight excluding hydrogens is 511 g/mol. The number of rotatable bonds is 15. The van der Waals surface area contributed by atoms with Crippen molar-refractivity contribution < 1.29 is 14.9 Å². The van der Waals surface area contributed by atoms with Crippen molar-refractivity contribution in [3.8, 4) is 0 Å². The van der Waals surface area contributed by atoms with Crippen LogP contribution in [-0.2, 0) is 4.74 Å². The number of aliphatic hydroxyl groups excluding tert-OH is 2. The molecule has 4 heteroatoms. The Bertz CT molecular complexity index is 1120. The van der Waals surface area contributed by atoms with Crippen LogP contribution < -0.4 is 15.9 Å². The molecule has 1 aliphatic carbocycles. The van der Waals surface area contributed by atoms with Crippen molar-refractivity contribution >= 4 is 23.2 Å². The third-order valence-corrected chi connectivity index (χ3v) is 13.7. The summed E-state index contributed by atoms with van der Waals surface area (Å²) in [5.41, 5.74) is 1.80. The summed E-state index contributed by atoms with van der Waals surface area (Å²) < 4.78 is 5.26. The Morgan fingerprint density at radius 3 is 1.50 bits per heavy atom. The van der Waals surface area contributed by atoms with Crippen LogP contribution >= 0.6 is 7.26 Å². The van der Waals surface area contributed by atoms with Gasteiger partial charge in [-0.15, -0.1) is 0 Å². The van der Waals surface area contributed by atoms with Gasteiger partial charge in [0.1, 0.15) is 5.76 Å². The molecular formula is C36H47O3P. The van der Waals surface area contributed by atoms with E-state index in [1.165, 1.54) is 60.6 Å². The normalized spacial score (nSPS) is 17.9. The monoisotopic (exact) mass is 558 g/mol. The molecule has 0 fully saturated rings. The zero-order valence-corrected chi connectivity index (χ0v) is 25.3. The van der Waals surface area contributed by atoms with Crippen molar-refractivity contribution in [2.75, 3.05) is 13.3 Å². The molecule has 0 amide bonds. The predicted octanol–water partition coefficient (Wildman–Crippen LogP) is 6.81. The number of benzene rings is 3. The maximum absolute atomic E-state index is 10.6. The average molecular weight is 559 g/mol. The number of hydrogen-bond donors (Lipinski definition) is 2. The van der Waals surface area contributed by atoms with Gasteiger partial charge in [0.2, 0.25) is 0 Å². The second kappa shape index (κ2) is 15.3. The molecule has 0 aromatic heterocycles. The van der Waals surface area contributed by atoms with Crippen LogP contribution in [0.5, 0.6) is 0 Å². The van der Waals surface area contributed by atoms with Gasteiger partial charge in [0.15, 0.2) is 0 Å². The van der Waals surface area contributed by atoms with Gasteiger partial charge < -0.3 is 14.9 Å². The van der Waals surface area contributed by atoms with Crippen molar-refractivity contribution in [1.29, 1.82) is 0 Å². The third kappa shape index (κ3) is 7.32. The van der Waals surface area contributed by atoms with Gasteiger partial charge in [0.05, 0.1) is 13.2 Å². The van der Waals surface area contributed by atoms with Gasteiger partial charge in [-0.05, 0) is 13.0 Å². The second-order valence-corrected chi connectivity index (χ2v) is 15.2. The first-order valence-electron chi connectivity index (χ1n) is 15.1. The molecule has 0 saturated heterocycles. The zero-order valence-electron chi connectivity index (χ0n) is 24.3. The van der Waals surface area contributed by atoms with E-state index in [4.69, 9.17) is 4.74 Å². The Hall–Kier alpha value is -2.71. The second-order valence-electron chi connectivity index (χ2n) is 11.2. The minimum atomic E-state index is -2.11. The van der Waals surface area contributed by atoms with E-state index in [0.29, 0.717) is 5.76 Å². The Kier molecular flexibility index (Phi) is 11.6. The molecule has 1 aliphatic rings. The summed E-state index contributed by atoms with van der Waals surface area (Å²) in [5.74, 6) is 0.465. The maximum atomic E-state index is 10.6. The molecule has 0 radical (unpaired) electrons. The number of aliphatic hydroxyl groups is 2. The first kappa shape index (κ1) is 30.3. The van der Waals surface area contributed by atoms with Crippen molar-refractivity contribution in [2.45, 2.75) is 76.9 Å². The minimum Gasteiger partial charge on any atom is -0.381 e. The molecule has 3 nitrogen and oxygen atoms in total. The van der Waals surface area contributed by atoms with Crippen molar-refractivity contribution in [1.82, 2.24) is 0 Å². The molecule has 2 atom stereocenters. The number of hydrogen-bond acceptors (Lipinski definition) is 3. The van der Waals surface area contributed by atoms with Crippen LogP contribution in [0.3, 0.4) is 0 Å². The van der Waals surface area contributed by atoms with Gasteiger partial charge in [0, 0.05) is 0 Å². The van der Waals surface area contributed by atoms with Gasteiger partial charge in [-0.1, -0.05) is 0 Å². The first-order chi connectivity index (χ1) is 19.6. The van der Waals surface area contributed by atoms with Gasteiger partial charge in [0.25, 0.3) is 0 Å². The van der Waals surface area contributed by atoms with Crippen LogP contribution in [0.15, 0.2) is 114 Å². The van der Waals surface area contributed by atoms with Crippen molar-refractivity contribution in [3.63, 3.8) is 0 Å². The zero-order chi connectivity index (χ0) is 28.2. The van der Waals surface area contributed by atoms with E-state index in [-0.39, 0.29) is 0 Å². The van der Waals surface area contributed by atoms with Crippen LogP contribution in [0.1, 0.15) is 64.7 Å². The van der Waals surface area contributed by atoms with Crippen LogP contribution in [0.2, 0.25) is 0 Å². The Morgan fingerprint density at radius 2 is 1.05 bits per heavy atom. The SMILES string of the molecule is COC1=CC(O)C(C)=C(CCCCCCCCCC[PH](c2ccccc2)(c2ccccc2)c2ccccc2)C1O. The Morgan fingerprint density at radius 1 is 0.625 bits per heavy atom. The Balaban J connectivity index is 1.26. The van der Waals surface area contributed by atoms with Crippen LogP contribution in [0.4, 0.5) is 0 Å². The summed E-state index contributed by atoms with van der Waals surface area (Å²) in [7, 11) is -0.557. The predicted molar refractivity (Wildman–Crippen MR) is 173 cm³/mol. The van der Waals surface area contributed by atoms with Gasteiger partial charge >= 0.3 is 195 Å². The van der Waals surface area contributed by atoms with Crippen molar-refractivity contribution in [3.05, 3.63) is 114 Å². The smallest absolute Gasteiger partial charge is 0.381 e. The molecule has 0 bridgehead atoms. The molecule has 2 unspecified atom stereocenters. The van der Waals surface area contributed by atoms with Gasteiger partial charge in [-0.2, -0.15) is 0 Å². The molecule has 0 aliphatic heterocycles. The van der Waals surface area contributed by atoms with Crippen LogP contribution in [0.25, 0.3) is 0 Å². The molecule has 214 valence electrons. The molecule has 3 aromatic carbocycles. The average Bonchev–Trinajstić information content (AvgIpc) is 3.00. The molecule has 2 N–H and O–H groups in total. The fourth-order valence-corrected chi connectivity index (χ4v) is 11.3. The summed E-state index contributed by atoms with van der Waals surface area (Å²) >= 11 is 0. The van der Waals surface area contributed by atoms with Crippen LogP contribution in [0, 0.1) is 0 Å². The van der Waals surface area contributed by atoms with E-state index in [9.17, 15) is 10.2 Å². The summed E-state index contributed by atoms with van der Waals surface area (Å²) in [6.45, 7) is 1.91. The van der Waals surface area contributed by atoms with E-state index >= 15 is 0 Å². The molecule has 40 heavy (non-hydrogen) atoms. The van der Waals surface area contributed by atoms with E-state index in [1.807, 2.05) is 6.92 Å². The van der Waals surface area contributed by atoms with Gasteiger partial charge in [-0.3, -0.25) is 0 Å². The fourth-order valence-electron chi connectivity index (χ4n) is 6.33. The summed E-state index contributed by atoms with van der Waals surface area (Å²) in [6, 6.07) is 33.7. The topological polar surface area (TPSA) is 49.7 Å². The first-order valence-corrected chi connectivity index (χ1v) is 17.3. The summed E-state index contributed by atoms with van der Waals surface area (Å²) in [5, 5.41) is 25.3. The van der Waals surface area contributed by atoms with Crippen molar-refractivity contribution in [2.24, 2.45) is 0 Å². The molecule has 3 aromatic rings. The molecule has 0 spiro atoms. The summed E-state index contributed by atoms with van der Waals surface area (Å²) in [4.78, 5) is 0. The van der Waals surface area contributed by atoms with E-state index in [0.717, 1.165) is 30.4 Å². The van der Waals surface area contributed by atoms with Crippen LogP contribution in [-0.4, -0.2) is 35.7 Å². The molecule has 0 heterocycles. The molecule has 0 saturated carbocycles. The van der Waals surface area contributed by atoms with E-state index in [1.54, 1.807) is 13.2 Å². The third-order valence-electron chi connectivity index (χ3n) is 8.66. The molecule has 4 rings (SSSR count). The van der Waals surface area contributed by atoms with E-state index in [2.05, 4.69) is 91.0 Å². The minimum absolute atomic E-state index is 0.465. The van der Waals surface area contributed by atoms with E-state index < -0.39 is 19.5 Å². The number of ether oxygens (including phenoxy) is 1.